The molecule has 0 spiro atoms. The van der Waals surface area contributed by atoms with Gasteiger partial charge >= 0.3 is 0 Å². The van der Waals surface area contributed by atoms with Crippen molar-refractivity contribution in [3.05, 3.63) is 23.5 Å². The first-order chi connectivity index (χ1) is 7.97. The smallest absolute Gasteiger partial charge is 0.244 e. The van der Waals surface area contributed by atoms with E-state index >= 15 is 0 Å². The molecule has 17 heavy (non-hydrogen) atoms. The lowest BCUT2D eigenvalue weighted by Gasteiger charge is -2.02. The number of aryl methyl sites for hydroxylation is 1. The molecule has 0 unspecified atom stereocenters. The monoisotopic (exact) mass is 274 g/mol. The summed E-state index contributed by atoms with van der Waals surface area (Å²) in [6, 6.07) is 2.70. The predicted octanol–water partition coefficient (Wildman–Crippen LogP) is 0.0593. The van der Waals surface area contributed by atoms with Crippen LogP contribution in [0.5, 0.6) is 0 Å². The van der Waals surface area contributed by atoms with E-state index in [1.165, 1.54) is 19.2 Å². The van der Waals surface area contributed by atoms with Gasteiger partial charge in [-0.05, 0) is 17.3 Å². The molecule has 2 heterocycles. The van der Waals surface area contributed by atoms with Crippen LogP contribution in [0.3, 0.4) is 0 Å². The van der Waals surface area contributed by atoms with Crippen molar-refractivity contribution in [2.75, 3.05) is 4.72 Å². The second-order valence-corrected chi connectivity index (χ2v) is 5.09. The summed E-state index contributed by atoms with van der Waals surface area (Å²) in [6.45, 7) is 0. The van der Waals surface area contributed by atoms with Crippen molar-refractivity contribution in [2.45, 2.75) is 4.90 Å². The van der Waals surface area contributed by atoms with E-state index in [4.69, 9.17) is 11.6 Å². The standard InChI is InChI=1S/C7H7ClN6O2S/c1-14-11-7(10-13-14)12-17(15,16)5-2-3-6(8)9-4-5/h2-4H,1H3,(H,11,12). The number of rotatable bonds is 3. The van der Waals surface area contributed by atoms with E-state index < -0.39 is 10.0 Å². The third-order valence-corrected chi connectivity index (χ3v) is 3.28. The van der Waals surface area contributed by atoms with Crippen LogP contribution in [0.2, 0.25) is 5.15 Å². The molecule has 0 bridgehead atoms. The summed E-state index contributed by atoms with van der Waals surface area (Å²) >= 11 is 5.56. The first kappa shape index (κ1) is 11.7. The largest absolute Gasteiger partial charge is 0.277 e. The van der Waals surface area contributed by atoms with Crippen LogP contribution < -0.4 is 4.72 Å². The van der Waals surface area contributed by atoms with Crippen molar-refractivity contribution >= 4 is 27.6 Å². The van der Waals surface area contributed by atoms with Crippen LogP contribution in [-0.4, -0.2) is 33.6 Å². The van der Waals surface area contributed by atoms with E-state index in [-0.39, 0.29) is 16.0 Å². The zero-order valence-corrected chi connectivity index (χ0v) is 10.1. The first-order valence-corrected chi connectivity index (χ1v) is 6.22. The molecule has 0 aliphatic rings. The lowest BCUT2D eigenvalue weighted by Crippen LogP contribution is -2.14. The molecule has 1 N–H and O–H groups in total. The van der Waals surface area contributed by atoms with Crippen molar-refractivity contribution in [3.8, 4) is 0 Å². The Morgan fingerprint density at radius 1 is 1.41 bits per heavy atom. The summed E-state index contributed by atoms with van der Waals surface area (Å²) in [6.07, 6.45) is 1.14. The fourth-order valence-electron chi connectivity index (χ4n) is 1.03. The van der Waals surface area contributed by atoms with Crippen LogP contribution >= 0.6 is 11.6 Å². The van der Waals surface area contributed by atoms with Gasteiger partial charge in [0.05, 0.1) is 7.05 Å². The number of halogens is 1. The molecule has 0 atom stereocenters. The van der Waals surface area contributed by atoms with Gasteiger partial charge in [-0.3, -0.25) is 0 Å². The Kier molecular flexibility index (Phi) is 2.94. The van der Waals surface area contributed by atoms with Crippen molar-refractivity contribution in [1.29, 1.82) is 0 Å². The van der Waals surface area contributed by atoms with Gasteiger partial charge < -0.3 is 0 Å². The number of tetrazole rings is 1. The molecule has 2 aromatic rings. The summed E-state index contributed by atoms with van der Waals surface area (Å²) in [5.41, 5.74) is 0. The Labute approximate surface area is 102 Å². The van der Waals surface area contributed by atoms with Gasteiger partial charge in [-0.25, -0.2) is 18.1 Å². The fraction of sp³-hybridized carbons (Fsp3) is 0.143. The molecule has 2 aromatic heterocycles. The minimum absolute atomic E-state index is 0.0330. The number of hydrogen-bond acceptors (Lipinski definition) is 6. The predicted molar refractivity (Wildman–Crippen MR) is 58.9 cm³/mol. The molecule has 0 radical (unpaired) electrons. The highest BCUT2D eigenvalue weighted by molar-refractivity contribution is 7.92. The Hall–Kier alpha value is -1.74. The molecule has 0 fully saturated rings. The molecular formula is C7H7ClN6O2S. The van der Waals surface area contributed by atoms with E-state index in [9.17, 15) is 8.42 Å². The molecule has 8 nitrogen and oxygen atoms in total. The van der Waals surface area contributed by atoms with Crippen molar-refractivity contribution in [2.24, 2.45) is 7.05 Å². The van der Waals surface area contributed by atoms with E-state index in [0.717, 1.165) is 11.0 Å². The maximum Gasteiger partial charge on any atom is 0.277 e. The summed E-state index contributed by atoms with van der Waals surface area (Å²) in [5, 5.41) is 10.9. The van der Waals surface area contributed by atoms with Crippen molar-refractivity contribution < 1.29 is 8.42 Å². The number of nitrogens with one attached hydrogen (secondary N) is 1. The van der Waals surface area contributed by atoms with Gasteiger partial charge in [-0.2, -0.15) is 4.80 Å². The molecule has 10 heteroatoms. The number of anilines is 1. The summed E-state index contributed by atoms with van der Waals surface area (Å²) in [4.78, 5) is 4.78. The SMILES string of the molecule is Cn1nnc(NS(=O)(=O)c2ccc(Cl)nc2)n1. The van der Waals surface area contributed by atoms with E-state index in [0.29, 0.717) is 0 Å². The maximum absolute atomic E-state index is 11.8. The summed E-state index contributed by atoms with van der Waals surface area (Å²) in [7, 11) is -2.24. The van der Waals surface area contributed by atoms with Crippen LogP contribution in [0.15, 0.2) is 23.2 Å². The van der Waals surface area contributed by atoms with E-state index in [1.807, 2.05) is 0 Å². The Morgan fingerprint density at radius 3 is 2.71 bits per heavy atom. The Bertz CT molecular complexity index is 622. The van der Waals surface area contributed by atoms with Gasteiger partial charge in [0.15, 0.2) is 0 Å². The summed E-state index contributed by atoms with van der Waals surface area (Å²) in [5.74, 6) is -0.109. The number of aromatic nitrogens is 5. The summed E-state index contributed by atoms with van der Waals surface area (Å²) < 4.78 is 25.8. The highest BCUT2D eigenvalue weighted by Gasteiger charge is 2.16. The number of hydrogen-bond donors (Lipinski definition) is 1. The minimum atomic E-state index is -3.77. The first-order valence-electron chi connectivity index (χ1n) is 4.36. The topological polar surface area (TPSA) is 103 Å². The van der Waals surface area contributed by atoms with Crippen LogP contribution in [-0.2, 0) is 17.1 Å². The van der Waals surface area contributed by atoms with E-state index in [1.54, 1.807) is 0 Å². The highest BCUT2D eigenvalue weighted by Crippen LogP contribution is 2.13. The Balaban J connectivity index is 2.28. The number of sulfonamides is 1. The zero-order valence-electron chi connectivity index (χ0n) is 8.57. The van der Waals surface area contributed by atoms with Crippen LogP contribution in [0, 0.1) is 0 Å². The molecule has 0 aliphatic carbocycles. The zero-order chi connectivity index (χ0) is 12.5. The molecule has 0 saturated carbocycles. The van der Waals surface area contributed by atoms with Crippen molar-refractivity contribution in [3.63, 3.8) is 0 Å². The molecule has 0 saturated heterocycles. The number of nitrogens with zero attached hydrogens (tertiary/aromatic N) is 5. The van der Waals surface area contributed by atoms with Crippen LogP contribution in [0.1, 0.15) is 0 Å². The lowest BCUT2D eigenvalue weighted by atomic mass is 10.5. The maximum atomic E-state index is 11.8. The van der Waals surface area contributed by atoms with Gasteiger partial charge in [-0.1, -0.05) is 16.7 Å². The van der Waals surface area contributed by atoms with Crippen molar-refractivity contribution in [1.82, 2.24) is 25.2 Å². The van der Waals surface area contributed by atoms with Crippen LogP contribution in [0.4, 0.5) is 5.95 Å². The van der Waals surface area contributed by atoms with Gasteiger partial charge in [-0.15, -0.1) is 5.10 Å². The van der Waals surface area contributed by atoms with Gasteiger partial charge in [0.25, 0.3) is 16.0 Å². The van der Waals surface area contributed by atoms with Gasteiger partial charge in [0.2, 0.25) is 0 Å². The Morgan fingerprint density at radius 2 is 2.18 bits per heavy atom. The molecule has 2 rings (SSSR count). The molecule has 90 valence electrons. The quantitative estimate of drug-likeness (QED) is 0.794. The third-order valence-electron chi connectivity index (χ3n) is 1.74. The average molecular weight is 275 g/mol. The minimum Gasteiger partial charge on any atom is -0.244 e. The second kappa shape index (κ2) is 4.26. The van der Waals surface area contributed by atoms with Gasteiger partial charge in [0.1, 0.15) is 10.0 Å². The fourth-order valence-corrected chi connectivity index (χ4v) is 2.02. The van der Waals surface area contributed by atoms with E-state index in [2.05, 4.69) is 25.1 Å². The highest BCUT2D eigenvalue weighted by atomic mass is 35.5. The second-order valence-electron chi connectivity index (χ2n) is 3.02. The third kappa shape index (κ3) is 2.68. The normalized spacial score (nSPS) is 11.4. The molecule has 0 aromatic carbocycles. The van der Waals surface area contributed by atoms with Gasteiger partial charge in [0, 0.05) is 6.20 Å². The molecule has 0 amide bonds. The molecule has 0 aliphatic heterocycles. The van der Waals surface area contributed by atoms with Crippen LogP contribution in [0.25, 0.3) is 0 Å². The molecular weight excluding hydrogens is 268 g/mol. The average Bonchev–Trinajstić information content (AvgIpc) is 2.63. The number of pyridine rings is 1. The lowest BCUT2D eigenvalue weighted by molar-refractivity contribution is 0.600.